The molecule has 0 fully saturated rings. The summed E-state index contributed by atoms with van der Waals surface area (Å²) in [6, 6.07) is 14.0. The van der Waals surface area contributed by atoms with Gasteiger partial charge in [-0.05, 0) is 44.0 Å². The van der Waals surface area contributed by atoms with Gasteiger partial charge in [-0.2, -0.15) is 5.26 Å². The third-order valence-electron chi connectivity index (χ3n) is 4.60. The molecule has 5 nitrogen and oxygen atoms in total. The lowest BCUT2D eigenvalue weighted by Crippen LogP contribution is -2.28. The van der Waals surface area contributed by atoms with Crippen molar-refractivity contribution in [1.82, 2.24) is 5.32 Å². The van der Waals surface area contributed by atoms with Crippen molar-refractivity contribution < 1.29 is 13.9 Å². The average molecular weight is 394 g/mol. The molecule has 0 amide bonds. The number of nitrogens with one attached hydrogen (secondary N) is 1. The molecular formula is C22H22N2O3S. The summed E-state index contributed by atoms with van der Waals surface area (Å²) in [7, 11) is 0. The standard InChI is InChI=1S/C22H22N2O3S/c1-4-26-22(25)19-15(3)24-21(28-13-16-9-6-5-8-14(16)2)17(12-23)20(19)18-10-7-11-27-18/h5-11,20,24H,4,13H2,1-3H3. The second kappa shape index (κ2) is 8.85. The first-order chi connectivity index (χ1) is 13.6. The number of carbonyl (C=O) groups is 1. The number of benzene rings is 1. The molecule has 0 spiro atoms. The molecule has 0 saturated heterocycles. The lowest BCUT2D eigenvalue weighted by Gasteiger charge is -2.28. The van der Waals surface area contributed by atoms with Gasteiger partial charge in [0.15, 0.2) is 0 Å². The molecule has 2 heterocycles. The Balaban J connectivity index is 1.98. The number of dihydropyridines is 1. The van der Waals surface area contributed by atoms with Crippen molar-refractivity contribution in [1.29, 1.82) is 5.26 Å². The molecule has 1 unspecified atom stereocenters. The predicted molar refractivity (Wildman–Crippen MR) is 109 cm³/mol. The van der Waals surface area contributed by atoms with Gasteiger partial charge in [-0.15, -0.1) is 11.8 Å². The molecule has 6 heteroatoms. The van der Waals surface area contributed by atoms with Crippen molar-refractivity contribution in [3.63, 3.8) is 0 Å². The fourth-order valence-corrected chi connectivity index (χ4v) is 4.34. The second-order valence-corrected chi connectivity index (χ2v) is 7.39. The molecule has 144 valence electrons. The molecule has 0 bridgehead atoms. The largest absolute Gasteiger partial charge is 0.468 e. The lowest BCUT2D eigenvalue weighted by molar-refractivity contribution is -0.138. The number of esters is 1. The Bertz CT molecular complexity index is 968. The van der Waals surface area contributed by atoms with Gasteiger partial charge in [0.1, 0.15) is 5.76 Å². The van der Waals surface area contributed by atoms with Crippen LogP contribution in [0.1, 0.15) is 36.7 Å². The zero-order chi connectivity index (χ0) is 20.1. The minimum atomic E-state index is -0.584. The van der Waals surface area contributed by atoms with Gasteiger partial charge in [0.2, 0.25) is 0 Å². The molecule has 0 saturated carbocycles. The van der Waals surface area contributed by atoms with E-state index in [-0.39, 0.29) is 6.61 Å². The highest BCUT2D eigenvalue weighted by Crippen LogP contribution is 2.41. The number of ether oxygens (including phenoxy) is 1. The van der Waals surface area contributed by atoms with Gasteiger partial charge in [0.25, 0.3) is 0 Å². The van der Waals surface area contributed by atoms with Crippen LogP contribution in [0.15, 0.2) is 69.0 Å². The summed E-state index contributed by atoms with van der Waals surface area (Å²) in [6.07, 6.45) is 1.55. The molecule has 28 heavy (non-hydrogen) atoms. The van der Waals surface area contributed by atoms with E-state index in [1.54, 1.807) is 37.1 Å². The highest BCUT2D eigenvalue weighted by atomic mass is 32.2. The number of allylic oxidation sites excluding steroid dienone is 2. The summed E-state index contributed by atoms with van der Waals surface area (Å²) in [5.74, 6) is 0.242. The van der Waals surface area contributed by atoms with E-state index in [4.69, 9.17) is 9.15 Å². The quantitative estimate of drug-likeness (QED) is 0.711. The number of furan rings is 1. The minimum absolute atomic E-state index is 0.265. The van der Waals surface area contributed by atoms with Crippen molar-refractivity contribution in [2.45, 2.75) is 32.4 Å². The first kappa shape index (κ1) is 19.8. The monoisotopic (exact) mass is 394 g/mol. The maximum Gasteiger partial charge on any atom is 0.336 e. The van der Waals surface area contributed by atoms with Crippen LogP contribution in [0, 0.1) is 18.3 Å². The van der Waals surface area contributed by atoms with E-state index in [1.165, 1.54) is 11.1 Å². The molecule has 1 aliphatic heterocycles. The highest BCUT2D eigenvalue weighted by Gasteiger charge is 2.37. The third-order valence-corrected chi connectivity index (χ3v) is 5.67. The summed E-state index contributed by atoms with van der Waals surface area (Å²) >= 11 is 1.55. The number of nitrogens with zero attached hydrogens (tertiary/aromatic N) is 1. The minimum Gasteiger partial charge on any atom is -0.468 e. The zero-order valence-electron chi connectivity index (χ0n) is 16.1. The lowest BCUT2D eigenvalue weighted by atomic mass is 9.86. The predicted octanol–water partition coefficient (Wildman–Crippen LogP) is 4.78. The Morgan fingerprint density at radius 1 is 1.29 bits per heavy atom. The zero-order valence-corrected chi connectivity index (χ0v) is 16.9. The van der Waals surface area contributed by atoms with Crippen molar-refractivity contribution in [3.05, 3.63) is 81.4 Å². The topological polar surface area (TPSA) is 75.3 Å². The summed E-state index contributed by atoms with van der Waals surface area (Å²) < 4.78 is 10.8. The van der Waals surface area contributed by atoms with Gasteiger partial charge in [0, 0.05) is 11.4 Å². The Morgan fingerprint density at radius 2 is 2.07 bits per heavy atom. The molecular weight excluding hydrogens is 372 g/mol. The number of aryl methyl sites for hydroxylation is 1. The second-order valence-electron chi connectivity index (χ2n) is 6.40. The molecule has 1 N–H and O–H groups in total. The summed E-state index contributed by atoms with van der Waals surface area (Å²) in [4.78, 5) is 12.6. The number of rotatable bonds is 6. The van der Waals surface area contributed by atoms with Crippen LogP contribution in [0.2, 0.25) is 0 Å². The van der Waals surface area contributed by atoms with E-state index < -0.39 is 11.9 Å². The fourth-order valence-electron chi connectivity index (χ4n) is 3.17. The van der Waals surface area contributed by atoms with Crippen molar-refractivity contribution in [2.24, 2.45) is 0 Å². The summed E-state index contributed by atoms with van der Waals surface area (Å²) in [5.41, 5.74) is 3.94. The molecule has 1 aromatic carbocycles. The summed E-state index contributed by atoms with van der Waals surface area (Å²) in [6.45, 7) is 5.92. The molecule has 3 rings (SSSR count). The van der Waals surface area contributed by atoms with Gasteiger partial charge in [-0.3, -0.25) is 0 Å². The average Bonchev–Trinajstić information content (AvgIpc) is 3.21. The van der Waals surface area contributed by atoms with E-state index in [9.17, 15) is 10.1 Å². The SMILES string of the molecule is CCOC(=O)C1=C(C)NC(SCc2ccccc2C)=C(C#N)C1c1ccco1. The van der Waals surface area contributed by atoms with Crippen molar-refractivity contribution in [2.75, 3.05) is 6.61 Å². The van der Waals surface area contributed by atoms with Crippen LogP contribution >= 0.6 is 11.8 Å². The Labute approximate surface area is 169 Å². The molecule has 1 atom stereocenters. The van der Waals surface area contributed by atoms with Crippen LogP contribution in [0.25, 0.3) is 0 Å². The van der Waals surface area contributed by atoms with Gasteiger partial charge < -0.3 is 14.5 Å². The van der Waals surface area contributed by atoms with E-state index >= 15 is 0 Å². The van der Waals surface area contributed by atoms with Crippen LogP contribution in [0.4, 0.5) is 0 Å². The van der Waals surface area contributed by atoms with Gasteiger partial charge in [-0.1, -0.05) is 24.3 Å². The van der Waals surface area contributed by atoms with E-state index in [2.05, 4.69) is 30.4 Å². The van der Waals surface area contributed by atoms with Gasteiger partial charge in [-0.25, -0.2) is 4.79 Å². The maximum atomic E-state index is 12.6. The smallest absolute Gasteiger partial charge is 0.336 e. The van der Waals surface area contributed by atoms with E-state index in [1.807, 2.05) is 19.1 Å². The first-order valence-corrected chi connectivity index (χ1v) is 10.0. The number of hydrogen-bond donors (Lipinski definition) is 1. The van der Waals surface area contributed by atoms with Crippen LogP contribution in [-0.2, 0) is 15.3 Å². The Hall–Kier alpha value is -2.91. The van der Waals surface area contributed by atoms with Gasteiger partial charge in [0.05, 0.1) is 41.0 Å². The number of carbonyl (C=O) groups excluding carboxylic acids is 1. The molecule has 1 aromatic heterocycles. The maximum absolute atomic E-state index is 12.6. The van der Waals surface area contributed by atoms with Gasteiger partial charge >= 0.3 is 5.97 Å². The third kappa shape index (κ3) is 4.00. The number of nitriles is 1. The van der Waals surface area contributed by atoms with E-state index in [0.29, 0.717) is 28.4 Å². The molecule has 0 aliphatic carbocycles. The van der Waals surface area contributed by atoms with Crippen LogP contribution in [-0.4, -0.2) is 12.6 Å². The normalized spacial score (nSPS) is 16.6. The van der Waals surface area contributed by atoms with Crippen LogP contribution in [0.3, 0.4) is 0 Å². The summed E-state index contributed by atoms with van der Waals surface area (Å²) in [5, 5.41) is 13.9. The van der Waals surface area contributed by atoms with E-state index in [0.717, 1.165) is 5.03 Å². The fraction of sp³-hybridized carbons (Fsp3) is 0.273. The first-order valence-electron chi connectivity index (χ1n) is 9.06. The molecule has 0 radical (unpaired) electrons. The highest BCUT2D eigenvalue weighted by molar-refractivity contribution is 8.02. The number of hydrogen-bond acceptors (Lipinski definition) is 6. The van der Waals surface area contributed by atoms with Crippen molar-refractivity contribution >= 4 is 17.7 Å². The Morgan fingerprint density at radius 3 is 2.71 bits per heavy atom. The van der Waals surface area contributed by atoms with Crippen molar-refractivity contribution in [3.8, 4) is 6.07 Å². The molecule has 1 aliphatic rings. The molecule has 2 aromatic rings. The van der Waals surface area contributed by atoms with Crippen LogP contribution < -0.4 is 5.32 Å². The number of thioether (sulfide) groups is 1. The van der Waals surface area contributed by atoms with Crippen LogP contribution in [0.5, 0.6) is 0 Å². The Kier molecular flexibility index (Phi) is 6.27.